The molecular formula is C23H26N8O2. The van der Waals surface area contributed by atoms with Crippen LogP contribution < -0.4 is 10.1 Å². The molecule has 1 aliphatic carbocycles. The highest BCUT2D eigenvalue weighted by molar-refractivity contribution is 5.97. The molecule has 0 aromatic carbocycles. The first-order chi connectivity index (χ1) is 16.0. The molecule has 4 aromatic rings. The van der Waals surface area contributed by atoms with Gasteiger partial charge in [0, 0.05) is 61.2 Å². The smallest absolute Gasteiger partial charge is 0.233 e. The highest BCUT2D eigenvalue weighted by Gasteiger charge is 2.48. The first-order valence-electron chi connectivity index (χ1n) is 11.3. The molecule has 2 fully saturated rings. The molecule has 2 aliphatic rings. The summed E-state index contributed by atoms with van der Waals surface area (Å²) in [6, 6.07) is 0.158. The van der Waals surface area contributed by atoms with E-state index in [0.29, 0.717) is 23.3 Å². The molecule has 6 rings (SSSR count). The number of fused-ring (bicyclic) bond motifs is 2. The Bertz CT molecular complexity index is 1350. The van der Waals surface area contributed by atoms with Gasteiger partial charge in [-0.3, -0.25) is 9.20 Å². The summed E-state index contributed by atoms with van der Waals surface area (Å²) < 4.78 is 7.50. The first-order valence-corrected chi connectivity index (χ1v) is 11.3. The third-order valence-corrected chi connectivity index (χ3v) is 6.88. The minimum absolute atomic E-state index is 0.158. The molecule has 1 amide bonds. The molecular weight excluding hydrogens is 420 g/mol. The van der Waals surface area contributed by atoms with Crippen LogP contribution in [-0.4, -0.2) is 66.4 Å². The van der Waals surface area contributed by atoms with Gasteiger partial charge < -0.3 is 19.9 Å². The van der Waals surface area contributed by atoms with Crippen LogP contribution in [0.1, 0.15) is 32.6 Å². The van der Waals surface area contributed by atoms with Gasteiger partial charge in [0.25, 0.3) is 0 Å². The van der Waals surface area contributed by atoms with Crippen molar-refractivity contribution < 1.29 is 9.53 Å². The van der Waals surface area contributed by atoms with Crippen LogP contribution in [0.3, 0.4) is 0 Å². The molecule has 10 heteroatoms. The van der Waals surface area contributed by atoms with Crippen molar-refractivity contribution in [1.29, 1.82) is 0 Å². The van der Waals surface area contributed by atoms with Gasteiger partial charge in [0.1, 0.15) is 5.65 Å². The van der Waals surface area contributed by atoms with Gasteiger partial charge in [0.2, 0.25) is 23.5 Å². The van der Waals surface area contributed by atoms with Crippen LogP contribution >= 0.6 is 0 Å². The number of carbonyl (C=O) groups excluding carboxylic acids is 1. The number of aromatic amines is 1. The molecule has 1 aliphatic heterocycles. The summed E-state index contributed by atoms with van der Waals surface area (Å²) in [5, 5.41) is 4.20. The van der Waals surface area contributed by atoms with Crippen LogP contribution in [0.2, 0.25) is 0 Å². The van der Waals surface area contributed by atoms with Crippen LogP contribution in [0, 0.1) is 5.41 Å². The number of nitrogens with one attached hydrogen (secondary N) is 2. The van der Waals surface area contributed by atoms with E-state index in [0.717, 1.165) is 55.3 Å². The molecule has 0 unspecified atom stereocenters. The second-order valence-corrected chi connectivity index (χ2v) is 9.27. The average Bonchev–Trinajstić information content (AvgIpc) is 3.56. The highest BCUT2D eigenvalue weighted by Crippen LogP contribution is 2.44. The predicted molar refractivity (Wildman–Crippen MR) is 123 cm³/mol. The number of likely N-dealkylation sites (tertiary alicyclic amines) is 1. The number of imidazole rings is 1. The fraction of sp³-hybridized carbons (Fsp3) is 0.435. The lowest BCUT2D eigenvalue weighted by Crippen LogP contribution is -2.53. The van der Waals surface area contributed by atoms with Crippen molar-refractivity contribution in [3.63, 3.8) is 0 Å². The van der Waals surface area contributed by atoms with Gasteiger partial charge >= 0.3 is 0 Å². The van der Waals surface area contributed by atoms with Crippen molar-refractivity contribution in [1.82, 2.24) is 34.2 Å². The molecule has 0 spiro atoms. The number of aromatic nitrogens is 6. The number of methoxy groups -OCH3 is 1. The number of nitrogens with zero attached hydrogens (tertiary/aromatic N) is 6. The lowest BCUT2D eigenvalue weighted by Gasteiger charge is -2.45. The van der Waals surface area contributed by atoms with E-state index in [4.69, 9.17) is 4.74 Å². The average molecular weight is 447 g/mol. The molecule has 1 saturated carbocycles. The van der Waals surface area contributed by atoms with Gasteiger partial charge in [-0.2, -0.15) is 9.97 Å². The summed E-state index contributed by atoms with van der Waals surface area (Å²) in [7, 11) is 1.61. The van der Waals surface area contributed by atoms with Gasteiger partial charge in [-0.15, -0.1) is 0 Å². The van der Waals surface area contributed by atoms with Crippen molar-refractivity contribution >= 4 is 28.7 Å². The van der Waals surface area contributed by atoms with E-state index < -0.39 is 0 Å². The van der Waals surface area contributed by atoms with E-state index in [9.17, 15) is 4.79 Å². The minimum atomic E-state index is -0.297. The predicted octanol–water partition coefficient (Wildman–Crippen LogP) is 2.88. The summed E-state index contributed by atoms with van der Waals surface area (Å²) in [5.41, 5.74) is 2.20. The molecule has 33 heavy (non-hydrogen) atoms. The maximum Gasteiger partial charge on any atom is 0.233 e. The Labute approximate surface area is 190 Å². The monoisotopic (exact) mass is 446 g/mol. The van der Waals surface area contributed by atoms with E-state index in [2.05, 4.69) is 37.2 Å². The Morgan fingerprint density at radius 1 is 1.24 bits per heavy atom. The van der Waals surface area contributed by atoms with Crippen LogP contribution in [0.5, 0.6) is 5.88 Å². The van der Waals surface area contributed by atoms with Crippen molar-refractivity contribution in [3.05, 3.63) is 31.0 Å². The number of anilines is 1. The summed E-state index contributed by atoms with van der Waals surface area (Å²) in [6.45, 7) is 3.85. The third-order valence-electron chi connectivity index (χ3n) is 6.88. The van der Waals surface area contributed by atoms with Crippen LogP contribution in [-0.2, 0) is 4.79 Å². The number of carbonyl (C=O) groups is 1. The van der Waals surface area contributed by atoms with Gasteiger partial charge in [-0.1, -0.05) is 6.92 Å². The van der Waals surface area contributed by atoms with E-state index in [1.54, 1.807) is 19.5 Å². The molecule has 0 bridgehead atoms. The van der Waals surface area contributed by atoms with Crippen molar-refractivity contribution in [3.8, 4) is 17.0 Å². The van der Waals surface area contributed by atoms with Gasteiger partial charge in [-0.05, 0) is 25.7 Å². The molecule has 2 N–H and O–H groups in total. The standard InChI is InChI=1S/C23H26N8O2/c1-23(20(32)30-6-3-4-7-30)9-15(10-23)27-21-28-18-17(19(29-21)33-2)16(12-25-18)14-11-26-22-24-5-8-31(22)13-14/h5,8,11-13,15H,3-4,6-7,9-10H2,1-2H3,(H2,25,27,28,29). The third kappa shape index (κ3) is 3.28. The van der Waals surface area contributed by atoms with E-state index in [1.165, 1.54) is 0 Å². The minimum Gasteiger partial charge on any atom is -0.480 e. The lowest BCUT2D eigenvalue weighted by atomic mass is 9.66. The quantitative estimate of drug-likeness (QED) is 0.485. The maximum atomic E-state index is 12.9. The van der Waals surface area contributed by atoms with Crippen LogP contribution in [0.4, 0.5) is 5.95 Å². The first kappa shape index (κ1) is 20.0. The molecule has 0 radical (unpaired) electrons. The second-order valence-electron chi connectivity index (χ2n) is 9.27. The molecule has 4 aromatic heterocycles. The molecule has 10 nitrogen and oxygen atoms in total. The summed E-state index contributed by atoms with van der Waals surface area (Å²) in [6.07, 6.45) is 13.0. The van der Waals surface area contributed by atoms with Crippen molar-refractivity contribution in [2.75, 3.05) is 25.5 Å². The Morgan fingerprint density at radius 2 is 2.06 bits per heavy atom. The molecule has 0 atom stereocenters. The largest absolute Gasteiger partial charge is 0.480 e. The Hall–Kier alpha value is -3.69. The number of ether oxygens (including phenoxy) is 1. The van der Waals surface area contributed by atoms with Gasteiger partial charge in [0.05, 0.1) is 17.9 Å². The van der Waals surface area contributed by atoms with E-state index in [1.807, 2.05) is 27.9 Å². The molecule has 170 valence electrons. The Balaban J connectivity index is 1.24. The van der Waals surface area contributed by atoms with Crippen LogP contribution in [0.15, 0.2) is 31.0 Å². The summed E-state index contributed by atoms with van der Waals surface area (Å²) in [4.78, 5) is 36.0. The van der Waals surface area contributed by atoms with E-state index >= 15 is 0 Å². The molecule has 1 saturated heterocycles. The van der Waals surface area contributed by atoms with E-state index in [-0.39, 0.29) is 17.4 Å². The number of H-pyrrole nitrogens is 1. The highest BCUT2D eigenvalue weighted by atomic mass is 16.5. The molecule has 5 heterocycles. The Morgan fingerprint density at radius 3 is 2.85 bits per heavy atom. The van der Waals surface area contributed by atoms with Gasteiger partial charge in [0.15, 0.2) is 0 Å². The fourth-order valence-electron chi connectivity index (χ4n) is 5.18. The SMILES string of the molecule is COc1nc(NC2CC(C)(C(=O)N3CCCC3)C2)nc2[nH]cc(-c3cnc4nccn4c3)c12. The topological polar surface area (TPSA) is 113 Å². The number of rotatable bonds is 5. The normalized spacial score (nSPS) is 22.6. The van der Waals surface area contributed by atoms with Crippen LogP contribution in [0.25, 0.3) is 27.9 Å². The number of hydrogen-bond donors (Lipinski definition) is 2. The van der Waals surface area contributed by atoms with Crippen molar-refractivity contribution in [2.24, 2.45) is 5.41 Å². The summed E-state index contributed by atoms with van der Waals surface area (Å²) >= 11 is 0. The fourth-order valence-corrected chi connectivity index (χ4v) is 5.18. The maximum absolute atomic E-state index is 12.9. The Kier molecular flexibility index (Phi) is 4.49. The summed E-state index contributed by atoms with van der Waals surface area (Å²) in [5.74, 6) is 1.91. The van der Waals surface area contributed by atoms with Gasteiger partial charge in [-0.25, -0.2) is 9.97 Å². The number of hydrogen-bond acceptors (Lipinski definition) is 7. The lowest BCUT2D eigenvalue weighted by molar-refractivity contribution is -0.145. The zero-order valence-corrected chi connectivity index (χ0v) is 18.7. The van der Waals surface area contributed by atoms with Crippen molar-refractivity contribution in [2.45, 2.75) is 38.6 Å². The zero-order chi connectivity index (χ0) is 22.6. The second kappa shape index (κ2) is 7.43. The number of amides is 1. The zero-order valence-electron chi connectivity index (χ0n) is 18.7.